The van der Waals surface area contributed by atoms with Crippen LogP contribution < -0.4 is 5.32 Å². The zero-order valence-electron chi connectivity index (χ0n) is 15.1. The van der Waals surface area contributed by atoms with Crippen LogP contribution in [0.5, 0.6) is 0 Å². The molecule has 0 radical (unpaired) electrons. The van der Waals surface area contributed by atoms with E-state index >= 15 is 0 Å². The van der Waals surface area contributed by atoms with Crippen LogP contribution in [0.3, 0.4) is 0 Å². The van der Waals surface area contributed by atoms with Crippen molar-refractivity contribution in [3.05, 3.63) is 84.3 Å². The highest BCUT2D eigenvalue weighted by molar-refractivity contribution is 5.91. The predicted molar refractivity (Wildman–Crippen MR) is 107 cm³/mol. The van der Waals surface area contributed by atoms with Crippen LogP contribution in [-0.4, -0.2) is 20.3 Å². The highest BCUT2D eigenvalue weighted by Gasteiger charge is 2.08. The average molecular weight is 356 g/mol. The molecular formula is C22H20N4O. The van der Waals surface area contributed by atoms with E-state index in [0.717, 1.165) is 23.4 Å². The maximum absolute atomic E-state index is 12.3. The number of rotatable bonds is 5. The summed E-state index contributed by atoms with van der Waals surface area (Å²) < 4.78 is 1.88. The van der Waals surface area contributed by atoms with Crippen LogP contribution in [0, 0.1) is 6.92 Å². The fourth-order valence-corrected chi connectivity index (χ4v) is 3.07. The van der Waals surface area contributed by atoms with Crippen molar-refractivity contribution in [1.29, 1.82) is 0 Å². The number of nitrogens with zero attached hydrogens (tertiary/aromatic N) is 3. The lowest BCUT2D eigenvalue weighted by Gasteiger charge is -2.07. The molecule has 0 spiro atoms. The number of nitrogens with one attached hydrogen (secondary N) is 1. The second-order valence-electron chi connectivity index (χ2n) is 6.57. The first kappa shape index (κ1) is 17.0. The second-order valence-corrected chi connectivity index (χ2v) is 6.57. The molecule has 4 rings (SSSR count). The van der Waals surface area contributed by atoms with Gasteiger partial charge < -0.3 is 5.32 Å². The Bertz CT molecular complexity index is 1070. The number of aromatic nitrogens is 3. The van der Waals surface area contributed by atoms with Crippen molar-refractivity contribution in [2.75, 3.05) is 5.32 Å². The van der Waals surface area contributed by atoms with E-state index in [2.05, 4.69) is 40.4 Å². The first-order valence-corrected chi connectivity index (χ1v) is 8.93. The molecule has 0 saturated heterocycles. The molecule has 0 aliphatic heterocycles. The van der Waals surface area contributed by atoms with Gasteiger partial charge in [0.15, 0.2) is 0 Å². The van der Waals surface area contributed by atoms with Crippen molar-refractivity contribution in [2.24, 2.45) is 0 Å². The van der Waals surface area contributed by atoms with Gasteiger partial charge in [-0.15, -0.1) is 0 Å². The molecule has 2 heterocycles. The minimum absolute atomic E-state index is 0.00493. The molecule has 5 nitrogen and oxygen atoms in total. The van der Waals surface area contributed by atoms with Crippen LogP contribution in [0.25, 0.3) is 17.0 Å². The molecule has 0 unspecified atom stereocenters. The molecule has 0 aliphatic carbocycles. The Kier molecular flexibility index (Phi) is 4.66. The molecule has 4 aromatic rings. The van der Waals surface area contributed by atoms with Gasteiger partial charge in [-0.3, -0.25) is 9.20 Å². The average Bonchev–Trinajstić information content (AvgIpc) is 3.11. The monoisotopic (exact) mass is 356 g/mol. The van der Waals surface area contributed by atoms with Crippen LogP contribution in [0.15, 0.2) is 73.2 Å². The van der Waals surface area contributed by atoms with Gasteiger partial charge in [0.1, 0.15) is 0 Å². The summed E-state index contributed by atoms with van der Waals surface area (Å²) in [6.45, 7) is 2.06. The van der Waals surface area contributed by atoms with Gasteiger partial charge in [-0.25, -0.2) is 9.97 Å². The topological polar surface area (TPSA) is 59.3 Å². The highest BCUT2D eigenvalue weighted by atomic mass is 16.1. The van der Waals surface area contributed by atoms with Gasteiger partial charge in [0.25, 0.3) is 0 Å². The highest BCUT2D eigenvalue weighted by Crippen LogP contribution is 2.22. The number of fused-ring (bicyclic) bond motifs is 1. The first-order chi connectivity index (χ1) is 13.2. The summed E-state index contributed by atoms with van der Waals surface area (Å²) in [4.78, 5) is 21.1. The SMILES string of the molecule is Cc1cccc(CCC(=O)Nc2cccc(-c3cn4cccnc4n3)c2)c1. The largest absolute Gasteiger partial charge is 0.326 e. The molecule has 2 aromatic carbocycles. The third-order valence-corrected chi connectivity index (χ3v) is 4.40. The summed E-state index contributed by atoms with van der Waals surface area (Å²) in [5, 5.41) is 2.98. The van der Waals surface area contributed by atoms with Crippen LogP contribution in [0.2, 0.25) is 0 Å². The number of imidazole rings is 1. The van der Waals surface area contributed by atoms with Gasteiger partial charge in [-0.1, -0.05) is 42.0 Å². The molecule has 1 amide bonds. The van der Waals surface area contributed by atoms with Gasteiger partial charge in [0, 0.05) is 36.3 Å². The number of hydrogen-bond acceptors (Lipinski definition) is 3. The van der Waals surface area contributed by atoms with Crippen molar-refractivity contribution in [2.45, 2.75) is 19.8 Å². The number of carbonyl (C=O) groups excluding carboxylic acids is 1. The number of carbonyl (C=O) groups is 1. The summed E-state index contributed by atoms with van der Waals surface area (Å²) in [6.07, 6.45) is 6.74. The third-order valence-electron chi connectivity index (χ3n) is 4.40. The molecule has 2 aromatic heterocycles. The summed E-state index contributed by atoms with van der Waals surface area (Å²) >= 11 is 0. The fraction of sp³-hybridized carbons (Fsp3) is 0.136. The Balaban J connectivity index is 1.45. The summed E-state index contributed by atoms with van der Waals surface area (Å²) in [7, 11) is 0. The molecule has 1 N–H and O–H groups in total. The van der Waals surface area contributed by atoms with Gasteiger partial charge in [0.2, 0.25) is 11.7 Å². The van der Waals surface area contributed by atoms with Crippen LogP contribution in [-0.2, 0) is 11.2 Å². The minimum Gasteiger partial charge on any atom is -0.326 e. The van der Waals surface area contributed by atoms with E-state index in [-0.39, 0.29) is 5.91 Å². The second kappa shape index (κ2) is 7.41. The molecule has 0 bridgehead atoms. The van der Waals surface area contributed by atoms with Crippen molar-refractivity contribution in [3.8, 4) is 11.3 Å². The normalized spacial score (nSPS) is 10.9. The quantitative estimate of drug-likeness (QED) is 0.581. The van der Waals surface area contributed by atoms with E-state index in [9.17, 15) is 4.79 Å². The minimum atomic E-state index is 0.00493. The zero-order valence-corrected chi connectivity index (χ0v) is 15.1. The van der Waals surface area contributed by atoms with Crippen molar-refractivity contribution >= 4 is 17.4 Å². The fourth-order valence-electron chi connectivity index (χ4n) is 3.07. The Morgan fingerprint density at radius 3 is 2.85 bits per heavy atom. The predicted octanol–water partition coefficient (Wildman–Crippen LogP) is 4.28. The van der Waals surface area contributed by atoms with Crippen molar-refractivity contribution in [3.63, 3.8) is 0 Å². The van der Waals surface area contributed by atoms with Crippen molar-refractivity contribution < 1.29 is 4.79 Å². The van der Waals surface area contributed by atoms with E-state index in [0.29, 0.717) is 12.2 Å². The number of hydrogen-bond donors (Lipinski definition) is 1. The van der Waals surface area contributed by atoms with E-state index in [1.54, 1.807) is 6.20 Å². The number of benzene rings is 2. The number of anilines is 1. The van der Waals surface area contributed by atoms with Crippen LogP contribution in [0.4, 0.5) is 5.69 Å². The summed E-state index contributed by atoms with van der Waals surface area (Å²) in [5.74, 6) is 0.658. The number of amides is 1. The van der Waals surface area contributed by atoms with Crippen LogP contribution >= 0.6 is 0 Å². The van der Waals surface area contributed by atoms with E-state index in [1.165, 1.54) is 11.1 Å². The maximum atomic E-state index is 12.3. The number of aryl methyl sites for hydroxylation is 2. The summed E-state index contributed by atoms with van der Waals surface area (Å²) in [6, 6.07) is 17.8. The molecule has 0 atom stereocenters. The van der Waals surface area contributed by atoms with Crippen molar-refractivity contribution in [1.82, 2.24) is 14.4 Å². The molecule has 0 saturated carbocycles. The maximum Gasteiger partial charge on any atom is 0.234 e. The Morgan fingerprint density at radius 1 is 1.11 bits per heavy atom. The lowest BCUT2D eigenvalue weighted by molar-refractivity contribution is -0.116. The molecule has 134 valence electrons. The molecule has 5 heteroatoms. The lowest BCUT2D eigenvalue weighted by Crippen LogP contribution is -2.12. The Hall–Kier alpha value is -3.47. The lowest BCUT2D eigenvalue weighted by atomic mass is 10.1. The van der Waals surface area contributed by atoms with Gasteiger partial charge in [-0.2, -0.15) is 0 Å². The Labute approximate surface area is 157 Å². The molecule has 0 aliphatic rings. The first-order valence-electron chi connectivity index (χ1n) is 8.93. The van der Waals surface area contributed by atoms with E-state index < -0.39 is 0 Å². The summed E-state index contributed by atoms with van der Waals surface area (Å²) in [5.41, 5.74) is 4.92. The zero-order chi connectivity index (χ0) is 18.6. The van der Waals surface area contributed by atoms with Gasteiger partial charge >= 0.3 is 0 Å². The van der Waals surface area contributed by atoms with Gasteiger partial charge in [0.05, 0.1) is 5.69 Å². The third kappa shape index (κ3) is 4.03. The molecular weight excluding hydrogens is 336 g/mol. The van der Waals surface area contributed by atoms with Gasteiger partial charge in [-0.05, 0) is 37.1 Å². The smallest absolute Gasteiger partial charge is 0.234 e. The van der Waals surface area contributed by atoms with E-state index in [1.807, 2.05) is 53.2 Å². The Morgan fingerprint density at radius 2 is 2.00 bits per heavy atom. The molecule has 27 heavy (non-hydrogen) atoms. The van der Waals surface area contributed by atoms with E-state index in [4.69, 9.17) is 0 Å². The van der Waals surface area contributed by atoms with Crippen LogP contribution in [0.1, 0.15) is 17.5 Å². The standard InChI is InChI=1S/C22H20N4O/c1-16-5-2-6-17(13-16)9-10-21(27)24-19-8-3-7-18(14-19)20-15-26-12-4-11-23-22(26)25-20/h2-8,11-15H,9-10H2,1H3,(H,24,27). The molecule has 0 fully saturated rings.